The number of carbonyl (C=O) groups excluding carboxylic acids is 1. The summed E-state index contributed by atoms with van der Waals surface area (Å²) < 4.78 is 63.2. The number of nitrogens with two attached hydrogens (primary N) is 1. The summed E-state index contributed by atoms with van der Waals surface area (Å²) in [6.45, 7) is 2.40. The van der Waals surface area contributed by atoms with Crippen LogP contribution in [0.3, 0.4) is 0 Å². The van der Waals surface area contributed by atoms with Gasteiger partial charge in [-0.15, -0.1) is 0 Å². The van der Waals surface area contributed by atoms with Gasteiger partial charge in [0.1, 0.15) is 16.9 Å². The molecule has 0 saturated carbocycles. The minimum atomic E-state index is -3.79. The molecule has 33 heavy (non-hydrogen) atoms. The Bertz CT molecular complexity index is 1120. The Morgan fingerprint density at radius 3 is 2.45 bits per heavy atom. The summed E-state index contributed by atoms with van der Waals surface area (Å²) >= 11 is 0. The van der Waals surface area contributed by atoms with E-state index >= 15 is 8.78 Å². The van der Waals surface area contributed by atoms with Crippen LogP contribution in [0.4, 0.5) is 8.78 Å². The second-order valence-electron chi connectivity index (χ2n) is 8.98. The molecule has 4 rings (SSSR count). The van der Waals surface area contributed by atoms with Crippen LogP contribution in [-0.2, 0) is 26.1 Å². The van der Waals surface area contributed by atoms with Crippen LogP contribution in [-0.4, -0.2) is 37.9 Å². The molecule has 2 N–H and O–H groups in total. The van der Waals surface area contributed by atoms with Gasteiger partial charge in [-0.1, -0.05) is 30.3 Å². The number of hydrogen-bond donors (Lipinski definition) is 1. The molecule has 2 aromatic rings. The molecular formula is C24H28F2N2O4S. The molecule has 2 fully saturated rings. The predicted octanol–water partition coefficient (Wildman–Crippen LogP) is 3.63. The van der Waals surface area contributed by atoms with Gasteiger partial charge in [0.2, 0.25) is 15.9 Å². The molecule has 2 aliphatic rings. The minimum absolute atomic E-state index is 0.0684. The Hall–Kier alpha value is -2.36. The highest BCUT2D eigenvalue weighted by molar-refractivity contribution is 7.89. The first-order valence-electron chi connectivity index (χ1n) is 11.1. The van der Waals surface area contributed by atoms with Gasteiger partial charge in [0.15, 0.2) is 0 Å². The Balaban J connectivity index is 1.61. The molecule has 0 bridgehead atoms. The second-order valence-corrected chi connectivity index (χ2v) is 11.0. The zero-order valence-electron chi connectivity index (χ0n) is 18.4. The largest absolute Gasteiger partial charge is 0.381 e. The number of benzene rings is 2. The SMILES string of the molecule is C[C@H]1CC[C@H](c2ccccc2)S(=O)(=O)N1Cc1cc(F)c([C@@H](CC2COC2)C(N)=O)cc1F. The van der Waals surface area contributed by atoms with Crippen LogP contribution in [0.5, 0.6) is 0 Å². The van der Waals surface area contributed by atoms with Crippen molar-refractivity contribution >= 4 is 15.9 Å². The van der Waals surface area contributed by atoms with E-state index in [0.717, 1.165) is 12.1 Å². The van der Waals surface area contributed by atoms with Crippen molar-refractivity contribution in [2.75, 3.05) is 13.2 Å². The number of nitrogens with zero attached hydrogens (tertiary/aromatic N) is 1. The number of hydrogen-bond acceptors (Lipinski definition) is 4. The van der Waals surface area contributed by atoms with Gasteiger partial charge in [-0.25, -0.2) is 17.2 Å². The van der Waals surface area contributed by atoms with E-state index in [4.69, 9.17) is 10.5 Å². The van der Waals surface area contributed by atoms with Crippen LogP contribution < -0.4 is 5.73 Å². The summed E-state index contributed by atoms with van der Waals surface area (Å²) in [6.07, 6.45) is 1.35. The highest BCUT2D eigenvalue weighted by Crippen LogP contribution is 2.39. The fourth-order valence-electron chi connectivity index (χ4n) is 4.66. The quantitative estimate of drug-likeness (QED) is 0.658. The first-order valence-corrected chi connectivity index (χ1v) is 12.6. The number of sulfonamides is 1. The van der Waals surface area contributed by atoms with Gasteiger partial charge >= 0.3 is 0 Å². The number of halogens is 2. The van der Waals surface area contributed by atoms with Gasteiger partial charge in [-0.3, -0.25) is 4.79 Å². The average Bonchev–Trinajstić information content (AvgIpc) is 2.73. The van der Waals surface area contributed by atoms with Gasteiger partial charge in [-0.2, -0.15) is 4.31 Å². The van der Waals surface area contributed by atoms with Crippen LogP contribution >= 0.6 is 0 Å². The summed E-state index contributed by atoms with van der Waals surface area (Å²) in [5, 5.41) is -0.731. The van der Waals surface area contributed by atoms with Crippen LogP contribution in [0.15, 0.2) is 42.5 Å². The molecule has 178 valence electrons. The van der Waals surface area contributed by atoms with E-state index < -0.39 is 38.7 Å². The minimum Gasteiger partial charge on any atom is -0.381 e. The number of rotatable bonds is 7. The highest BCUT2D eigenvalue weighted by Gasteiger charge is 2.41. The topological polar surface area (TPSA) is 89.7 Å². The maximum Gasteiger partial charge on any atom is 0.225 e. The van der Waals surface area contributed by atoms with Crippen LogP contribution in [0, 0.1) is 17.6 Å². The van der Waals surface area contributed by atoms with E-state index in [0.29, 0.717) is 31.6 Å². The summed E-state index contributed by atoms with van der Waals surface area (Å²) in [5.41, 5.74) is 5.97. The first-order chi connectivity index (χ1) is 15.7. The highest BCUT2D eigenvalue weighted by atomic mass is 32.2. The Kier molecular flexibility index (Phi) is 6.83. The molecule has 2 aliphatic heterocycles. The lowest BCUT2D eigenvalue weighted by Gasteiger charge is -2.37. The smallest absolute Gasteiger partial charge is 0.225 e. The van der Waals surface area contributed by atoms with E-state index in [-0.39, 0.29) is 36.1 Å². The lowest BCUT2D eigenvalue weighted by Crippen LogP contribution is -2.44. The maximum atomic E-state index is 15.1. The van der Waals surface area contributed by atoms with Crippen LogP contribution in [0.2, 0.25) is 0 Å². The van der Waals surface area contributed by atoms with Crippen molar-refractivity contribution in [2.45, 2.75) is 49.9 Å². The molecule has 0 unspecified atom stereocenters. The third kappa shape index (κ3) is 4.81. The molecule has 0 aliphatic carbocycles. The molecule has 1 amide bonds. The van der Waals surface area contributed by atoms with Crippen LogP contribution in [0.25, 0.3) is 0 Å². The summed E-state index contributed by atoms with van der Waals surface area (Å²) in [6, 6.07) is 10.5. The number of ether oxygens (including phenoxy) is 1. The second kappa shape index (κ2) is 9.48. The van der Waals surface area contributed by atoms with Crippen molar-refractivity contribution < 1.29 is 26.7 Å². The first kappa shape index (κ1) is 23.8. The molecule has 3 atom stereocenters. The van der Waals surface area contributed by atoms with Gasteiger partial charge in [-0.05, 0) is 43.9 Å². The standard InChI is InChI=1S/C24H28F2N2O4S/c1-15-7-8-23(17-5-3-2-4-6-17)33(30,31)28(15)12-18-10-22(26)19(11-21(18)25)20(24(27)29)9-16-13-32-14-16/h2-6,10-11,15-16,20,23H,7-9,12-14H2,1H3,(H2,27,29)/t15-,20+,23+/m0/s1. The molecule has 9 heteroatoms. The molecular weight excluding hydrogens is 450 g/mol. The van der Waals surface area contributed by atoms with E-state index in [2.05, 4.69) is 0 Å². The van der Waals surface area contributed by atoms with Crippen molar-refractivity contribution in [2.24, 2.45) is 11.7 Å². The van der Waals surface area contributed by atoms with E-state index in [1.807, 2.05) is 6.07 Å². The van der Waals surface area contributed by atoms with Crippen molar-refractivity contribution in [1.29, 1.82) is 0 Å². The number of primary amides is 1. The molecule has 6 nitrogen and oxygen atoms in total. The maximum absolute atomic E-state index is 15.1. The zero-order valence-corrected chi connectivity index (χ0v) is 19.2. The van der Waals surface area contributed by atoms with E-state index in [9.17, 15) is 13.2 Å². The third-order valence-electron chi connectivity index (χ3n) is 6.68. The van der Waals surface area contributed by atoms with Gasteiger partial charge < -0.3 is 10.5 Å². The lowest BCUT2D eigenvalue weighted by molar-refractivity contribution is -0.121. The molecule has 2 saturated heterocycles. The summed E-state index contributed by atoms with van der Waals surface area (Å²) in [5.74, 6) is -3.16. The van der Waals surface area contributed by atoms with Crippen molar-refractivity contribution in [3.63, 3.8) is 0 Å². The van der Waals surface area contributed by atoms with Gasteiger partial charge in [0, 0.05) is 29.6 Å². The van der Waals surface area contributed by atoms with E-state index in [1.165, 1.54) is 4.31 Å². The van der Waals surface area contributed by atoms with Crippen molar-refractivity contribution in [3.05, 3.63) is 70.8 Å². The molecule has 2 aromatic carbocycles. The molecule has 0 spiro atoms. The van der Waals surface area contributed by atoms with Crippen LogP contribution in [0.1, 0.15) is 54.0 Å². The van der Waals surface area contributed by atoms with Crippen molar-refractivity contribution in [1.82, 2.24) is 4.31 Å². The average molecular weight is 479 g/mol. The fourth-order valence-corrected chi connectivity index (χ4v) is 6.85. The predicted molar refractivity (Wildman–Crippen MR) is 120 cm³/mol. The molecule has 2 heterocycles. The monoisotopic (exact) mass is 478 g/mol. The number of carbonyl (C=O) groups is 1. The molecule has 0 aromatic heterocycles. The molecule has 0 radical (unpaired) electrons. The summed E-state index contributed by atoms with van der Waals surface area (Å²) in [7, 11) is -3.79. The zero-order chi connectivity index (χ0) is 23.8. The lowest BCUT2D eigenvalue weighted by atomic mass is 9.86. The Morgan fingerprint density at radius 1 is 1.15 bits per heavy atom. The van der Waals surface area contributed by atoms with Gasteiger partial charge in [0.25, 0.3) is 0 Å². The van der Waals surface area contributed by atoms with E-state index in [1.54, 1.807) is 31.2 Å². The Labute approximate surface area is 192 Å². The third-order valence-corrected chi connectivity index (χ3v) is 9.05. The number of amides is 1. The normalized spacial score (nSPS) is 24.2. The summed E-state index contributed by atoms with van der Waals surface area (Å²) in [4.78, 5) is 11.9. The van der Waals surface area contributed by atoms with Gasteiger partial charge in [0.05, 0.1) is 19.1 Å². The Morgan fingerprint density at radius 2 is 1.85 bits per heavy atom. The van der Waals surface area contributed by atoms with Crippen molar-refractivity contribution in [3.8, 4) is 0 Å². The fraction of sp³-hybridized carbons (Fsp3) is 0.458.